The van der Waals surface area contributed by atoms with Gasteiger partial charge < -0.3 is 10.2 Å². The van der Waals surface area contributed by atoms with E-state index in [9.17, 15) is 0 Å². The molecule has 1 aromatic rings. The van der Waals surface area contributed by atoms with E-state index in [1.807, 2.05) is 25.1 Å². The third-order valence-corrected chi connectivity index (χ3v) is 2.38. The zero-order valence-corrected chi connectivity index (χ0v) is 9.99. The molecule has 4 nitrogen and oxygen atoms in total. The van der Waals surface area contributed by atoms with Crippen LogP contribution in [0.3, 0.4) is 0 Å². The maximum Gasteiger partial charge on any atom is 0.226 e. The minimum atomic E-state index is 0.495. The number of aromatic nitrogens is 2. The lowest BCUT2D eigenvalue weighted by Crippen LogP contribution is -2.19. The van der Waals surface area contributed by atoms with Gasteiger partial charge in [-0.15, -0.1) is 0 Å². The maximum atomic E-state index is 4.41. The average Bonchev–Trinajstić information content (AvgIpc) is 2.26. The molecule has 1 aromatic heterocycles. The van der Waals surface area contributed by atoms with E-state index in [-0.39, 0.29) is 0 Å². The van der Waals surface area contributed by atoms with Gasteiger partial charge in [-0.25, -0.2) is 4.98 Å². The molecule has 0 atom stereocenters. The van der Waals surface area contributed by atoms with Gasteiger partial charge in [0, 0.05) is 26.3 Å². The summed E-state index contributed by atoms with van der Waals surface area (Å²) < 4.78 is 0. The third kappa shape index (κ3) is 3.38. The molecule has 1 heterocycles. The van der Waals surface area contributed by atoms with Crippen LogP contribution in [0.5, 0.6) is 0 Å². The molecule has 0 spiro atoms. The Morgan fingerprint density at radius 2 is 2.00 bits per heavy atom. The highest BCUT2D eigenvalue weighted by molar-refractivity contribution is 5.40. The second-order valence-corrected chi connectivity index (χ2v) is 3.79. The van der Waals surface area contributed by atoms with E-state index in [0.717, 1.165) is 24.6 Å². The Labute approximate surface area is 91.7 Å². The number of rotatable bonds is 5. The molecule has 1 N–H and O–H groups in total. The standard InChI is InChI=1S/C11H20N4/c1-5-9(6-2)13-10-7-8-12-11(14-10)15(3)4/h7-9H,5-6H2,1-4H3,(H,12,13,14). The van der Waals surface area contributed by atoms with Crippen molar-refractivity contribution in [1.82, 2.24) is 9.97 Å². The van der Waals surface area contributed by atoms with E-state index < -0.39 is 0 Å². The van der Waals surface area contributed by atoms with Crippen molar-refractivity contribution >= 4 is 11.8 Å². The molecule has 0 unspecified atom stereocenters. The van der Waals surface area contributed by atoms with Gasteiger partial charge in [0.15, 0.2) is 0 Å². The molecule has 84 valence electrons. The monoisotopic (exact) mass is 208 g/mol. The molecule has 0 aliphatic heterocycles. The molecule has 15 heavy (non-hydrogen) atoms. The van der Waals surface area contributed by atoms with Crippen LogP contribution in [0.4, 0.5) is 11.8 Å². The lowest BCUT2D eigenvalue weighted by atomic mass is 10.2. The van der Waals surface area contributed by atoms with Crippen LogP contribution in [0.25, 0.3) is 0 Å². The molecule has 0 amide bonds. The first-order valence-electron chi connectivity index (χ1n) is 5.44. The topological polar surface area (TPSA) is 41.1 Å². The van der Waals surface area contributed by atoms with Crippen LogP contribution in [0.15, 0.2) is 12.3 Å². The van der Waals surface area contributed by atoms with Crippen LogP contribution >= 0.6 is 0 Å². The zero-order valence-electron chi connectivity index (χ0n) is 9.99. The molecule has 4 heteroatoms. The maximum absolute atomic E-state index is 4.41. The van der Waals surface area contributed by atoms with Gasteiger partial charge in [0.25, 0.3) is 0 Å². The third-order valence-electron chi connectivity index (χ3n) is 2.38. The Morgan fingerprint density at radius 1 is 1.33 bits per heavy atom. The first-order chi connectivity index (χ1) is 7.17. The summed E-state index contributed by atoms with van der Waals surface area (Å²) in [6, 6.07) is 2.40. The molecule has 1 rings (SSSR count). The summed E-state index contributed by atoms with van der Waals surface area (Å²) in [5.74, 6) is 1.65. The van der Waals surface area contributed by atoms with Crippen LogP contribution in [0.2, 0.25) is 0 Å². The van der Waals surface area contributed by atoms with E-state index in [2.05, 4.69) is 29.1 Å². The molecule has 0 radical (unpaired) electrons. The van der Waals surface area contributed by atoms with Crippen molar-refractivity contribution < 1.29 is 0 Å². The summed E-state index contributed by atoms with van der Waals surface area (Å²) >= 11 is 0. The molecule has 0 saturated carbocycles. The van der Waals surface area contributed by atoms with Crippen molar-refractivity contribution in [2.24, 2.45) is 0 Å². The fraction of sp³-hybridized carbons (Fsp3) is 0.636. The number of nitrogens with zero attached hydrogens (tertiary/aromatic N) is 3. The molecule has 0 fully saturated rings. The normalized spacial score (nSPS) is 10.5. The highest BCUT2D eigenvalue weighted by atomic mass is 15.2. The lowest BCUT2D eigenvalue weighted by Gasteiger charge is -2.17. The van der Waals surface area contributed by atoms with E-state index in [1.165, 1.54) is 0 Å². The summed E-state index contributed by atoms with van der Waals surface area (Å²) in [6.45, 7) is 4.35. The number of hydrogen-bond acceptors (Lipinski definition) is 4. The number of hydrogen-bond donors (Lipinski definition) is 1. The molecular formula is C11H20N4. The summed E-state index contributed by atoms with van der Waals surface area (Å²) in [7, 11) is 3.88. The van der Waals surface area contributed by atoms with Gasteiger partial charge in [0.05, 0.1) is 0 Å². The Bertz CT molecular complexity index is 294. The Kier molecular flexibility index (Phi) is 4.34. The van der Waals surface area contributed by atoms with E-state index >= 15 is 0 Å². The molecule has 0 aliphatic rings. The van der Waals surface area contributed by atoms with Crippen molar-refractivity contribution in [3.05, 3.63) is 12.3 Å². The minimum absolute atomic E-state index is 0.495. The van der Waals surface area contributed by atoms with E-state index in [4.69, 9.17) is 0 Å². The van der Waals surface area contributed by atoms with Crippen LogP contribution in [-0.4, -0.2) is 30.1 Å². The van der Waals surface area contributed by atoms with Crippen LogP contribution in [0.1, 0.15) is 26.7 Å². The van der Waals surface area contributed by atoms with Gasteiger partial charge >= 0.3 is 0 Å². The Hall–Kier alpha value is -1.32. The second kappa shape index (κ2) is 5.53. The van der Waals surface area contributed by atoms with Gasteiger partial charge in [-0.2, -0.15) is 4.98 Å². The van der Waals surface area contributed by atoms with Crippen molar-refractivity contribution in [2.45, 2.75) is 32.7 Å². The highest BCUT2D eigenvalue weighted by Crippen LogP contribution is 2.11. The molecule has 0 bridgehead atoms. The smallest absolute Gasteiger partial charge is 0.226 e. The van der Waals surface area contributed by atoms with Crippen molar-refractivity contribution in [3.63, 3.8) is 0 Å². The largest absolute Gasteiger partial charge is 0.367 e. The molecule has 0 saturated heterocycles. The van der Waals surface area contributed by atoms with Crippen LogP contribution in [-0.2, 0) is 0 Å². The van der Waals surface area contributed by atoms with Crippen molar-refractivity contribution in [3.8, 4) is 0 Å². The summed E-state index contributed by atoms with van der Waals surface area (Å²) in [5.41, 5.74) is 0. The Balaban J connectivity index is 2.72. The predicted molar refractivity (Wildman–Crippen MR) is 64.4 cm³/mol. The first-order valence-corrected chi connectivity index (χ1v) is 5.44. The summed E-state index contributed by atoms with van der Waals surface area (Å²) in [4.78, 5) is 10.5. The van der Waals surface area contributed by atoms with Gasteiger partial charge in [-0.05, 0) is 18.9 Å². The zero-order chi connectivity index (χ0) is 11.3. The first kappa shape index (κ1) is 11.8. The summed E-state index contributed by atoms with van der Waals surface area (Å²) in [6.07, 6.45) is 4.00. The van der Waals surface area contributed by atoms with Crippen molar-refractivity contribution in [1.29, 1.82) is 0 Å². The van der Waals surface area contributed by atoms with Gasteiger partial charge in [0.2, 0.25) is 5.95 Å². The van der Waals surface area contributed by atoms with Crippen molar-refractivity contribution in [2.75, 3.05) is 24.3 Å². The lowest BCUT2D eigenvalue weighted by molar-refractivity contribution is 0.668. The van der Waals surface area contributed by atoms with E-state index in [1.54, 1.807) is 6.20 Å². The van der Waals surface area contributed by atoms with Crippen LogP contribution in [0, 0.1) is 0 Å². The fourth-order valence-electron chi connectivity index (χ4n) is 1.35. The number of anilines is 2. The van der Waals surface area contributed by atoms with Gasteiger partial charge in [-0.1, -0.05) is 13.8 Å². The fourth-order valence-corrected chi connectivity index (χ4v) is 1.35. The predicted octanol–water partition coefficient (Wildman–Crippen LogP) is 2.14. The second-order valence-electron chi connectivity index (χ2n) is 3.79. The minimum Gasteiger partial charge on any atom is -0.367 e. The Morgan fingerprint density at radius 3 is 2.53 bits per heavy atom. The van der Waals surface area contributed by atoms with Gasteiger partial charge in [0.1, 0.15) is 5.82 Å². The quantitative estimate of drug-likeness (QED) is 0.805. The van der Waals surface area contributed by atoms with Gasteiger partial charge in [-0.3, -0.25) is 0 Å². The summed E-state index contributed by atoms with van der Waals surface area (Å²) in [5, 5.41) is 3.40. The SMILES string of the molecule is CCC(CC)Nc1ccnc(N(C)C)n1. The molecular weight excluding hydrogens is 188 g/mol. The van der Waals surface area contributed by atoms with Crippen LogP contribution < -0.4 is 10.2 Å². The highest BCUT2D eigenvalue weighted by Gasteiger charge is 2.05. The van der Waals surface area contributed by atoms with E-state index in [0.29, 0.717) is 6.04 Å². The number of nitrogens with one attached hydrogen (secondary N) is 1. The average molecular weight is 208 g/mol. The molecule has 0 aromatic carbocycles. The molecule has 0 aliphatic carbocycles.